The summed E-state index contributed by atoms with van der Waals surface area (Å²) in [5.74, 6) is 0.435. The molecule has 0 bridgehead atoms. The number of nitrogens with two attached hydrogens (primary N) is 1. The van der Waals surface area contributed by atoms with Crippen LogP contribution >= 0.6 is 0 Å². The number of nitrogens with one attached hydrogen (secondary N) is 1. The molecule has 0 aliphatic carbocycles. The molecule has 16 heavy (non-hydrogen) atoms. The predicted molar refractivity (Wildman–Crippen MR) is 67.1 cm³/mol. The molecule has 0 radical (unpaired) electrons. The Balaban J connectivity index is 2.49. The summed E-state index contributed by atoms with van der Waals surface area (Å²) in [7, 11) is 0. The maximum Gasteiger partial charge on any atom is 0.189 e. The van der Waals surface area contributed by atoms with Gasteiger partial charge in [-0.2, -0.15) is 0 Å². The fourth-order valence-electron chi connectivity index (χ4n) is 1.18. The van der Waals surface area contributed by atoms with Gasteiger partial charge in [-0.1, -0.05) is 18.2 Å². The molecule has 3 N–H and O–H groups in total. The molecule has 0 spiro atoms. The lowest BCUT2D eigenvalue weighted by molar-refractivity contribution is 0.936. The van der Waals surface area contributed by atoms with Crippen LogP contribution in [-0.4, -0.2) is 17.5 Å². The summed E-state index contributed by atoms with van der Waals surface area (Å²) in [5, 5.41) is 2.97. The molecule has 1 aromatic heterocycles. The first kappa shape index (κ1) is 12.2. The molecule has 0 fully saturated rings. The molecular formula is C12H18N4. The third kappa shape index (κ3) is 4.59. The van der Waals surface area contributed by atoms with Gasteiger partial charge < -0.3 is 11.1 Å². The molecule has 4 heteroatoms. The molecule has 0 aliphatic heterocycles. The fourth-order valence-corrected chi connectivity index (χ4v) is 1.18. The van der Waals surface area contributed by atoms with Crippen molar-refractivity contribution in [3.8, 4) is 0 Å². The first-order valence-electron chi connectivity index (χ1n) is 5.16. The van der Waals surface area contributed by atoms with Gasteiger partial charge >= 0.3 is 0 Å². The van der Waals surface area contributed by atoms with Gasteiger partial charge in [0.25, 0.3) is 0 Å². The van der Waals surface area contributed by atoms with E-state index in [1.165, 1.54) is 0 Å². The van der Waals surface area contributed by atoms with E-state index in [4.69, 9.17) is 5.73 Å². The second-order valence-electron chi connectivity index (χ2n) is 3.88. The van der Waals surface area contributed by atoms with E-state index in [0.29, 0.717) is 19.0 Å². The lowest BCUT2D eigenvalue weighted by atomic mass is 10.2. The molecule has 1 rings (SSSR count). The third-order valence-corrected chi connectivity index (χ3v) is 1.93. The zero-order chi connectivity index (χ0) is 12.0. The molecule has 0 aliphatic rings. The number of pyridine rings is 1. The van der Waals surface area contributed by atoms with Gasteiger partial charge in [0, 0.05) is 18.9 Å². The molecule has 0 aromatic carbocycles. The van der Waals surface area contributed by atoms with Crippen molar-refractivity contribution >= 4 is 5.96 Å². The van der Waals surface area contributed by atoms with E-state index in [1.54, 1.807) is 6.20 Å². The van der Waals surface area contributed by atoms with Crippen molar-refractivity contribution in [2.75, 3.05) is 6.54 Å². The van der Waals surface area contributed by atoms with Crippen molar-refractivity contribution in [1.82, 2.24) is 10.3 Å². The molecule has 1 heterocycles. The van der Waals surface area contributed by atoms with Crippen LogP contribution in [0, 0.1) is 6.92 Å². The SMILES string of the molecule is C=C(C)CNC(N)=NCc1cncc(C)c1. The van der Waals surface area contributed by atoms with E-state index < -0.39 is 0 Å². The molecule has 86 valence electrons. The van der Waals surface area contributed by atoms with Crippen LogP contribution in [-0.2, 0) is 6.54 Å². The smallest absolute Gasteiger partial charge is 0.189 e. The normalized spacial score (nSPS) is 11.2. The summed E-state index contributed by atoms with van der Waals surface area (Å²) in [6.45, 7) is 8.91. The van der Waals surface area contributed by atoms with Gasteiger partial charge in [-0.25, -0.2) is 4.99 Å². The van der Waals surface area contributed by atoms with Crippen LogP contribution in [0.2, 0.25) is 0 Å². The second-order valence-corrected chi connectivity index (χ2v) is 3.88. The van der Waals surface area contributed by atoms with Crippen molar-refractivity contribution in [1.29, 1.82) is 0 Å². The molecule has 0 amide bonds. The van der Waals surface area contributed by atoms with Crippen molar-refractivity contribution in [2.24, 2.45) is 10.7 Å². The minimum absolute atomic E-state index is 0.435. The van der Waals surface area contributed by atoms with Crippen LogP contribution in [0.25, 0.3) is 0 Å². The number of aliphatic imine (C=N–C) groups is 1. The number of nitrogens with zero attached hydrogens (tertiary/aromatic N) is 2. The van der Waals surface area contributed by atoms with Gasteiger partial charge in [-0.05, 0) is 25.0 Å². The second kappa shape index (κ2) is 5.90. The largest absolute Gasteiger partial charge is 0.370 e. The Morgan fingerprint density at radius 3 is 2.94 bits per heavy atom. The molecular weight excluding hydrogens is 200 g/mol. The average molecular weight is 218 g/mol. The van der Waals surface area contributed by atoms with Crippen molar-refractivity contribution < 1.29 is 0 Å². The van der Waals surface area contributed by atoms with Gasteiger partial charge in [0.15, 0.2) is 5.96 Å². The molecule has 0 saturated carbocycles. The highest BCUT2D eigenvalue weighted by atomic mass is 15.1. The monoisotopic (exact) mass is 218 g/mol. The van der Waals surface area contributed by atoms with Crippen LogP contribution in [0.1, 0.15) is 18.1 Å². The number of aryl methyl sites for hydroxylation is 1. The minimum atomic E-state index is 0.435. The highest BCUT2D eigenvalue weighted by Crippen LogP contribution is 2.02. The quantitative estimate of drug-likeness (QED) is 0.456. The Kier molecular flexibility index (Phi) is 4.51. The standard InChI is InChI=1S/C12H18N4/c1-9(2)5-15-12(13)16-8-11-4-10(3)6-14-7-11/h4,6-7H,1,5,8H2,2-3H3,(H3,13,15,16). The van der Waals surface area contributed by atoms with Crippen LogP contribution < -0.4 is 11.1 Å². The van der Waals surface area contributed by atoms with Crippen LogP contribution in [0.3, 0.4) is 0 Å². The summed E-state index contributed by atoms with van der Waals surface area (Å²) in [5.41, 5.74) is 8.89. The zero-order valence-electron chi connectivity index (χ0n) is 9.83. The first-order chi connectivity index (χ1) is 7.58. The van der Waals surface area contributed by atoms with Crippen molar-refractivity contribution in [2.45, 2.75) is 20.4 Å². The molecule has 1 aromatic rings. The fraction of sp³-hybridized carbons (Fsp3) is 0.333. The number of hydrogen-bond acceptors (Lipinski definition) is 2. The van der Waals surface area contributed by atoms with Crippen LogP contribution in [0.15, 0.2) is 35.6 Å². The Bertz CT molecular complexity index is 396. The summed E-state index contributed by atoms with van der Waals surface area (Å²) in [6, 6.07) is 2.04. The zero-order valence-corrected chi connectivity index (χ0v) is 9.83. The maximum absolute atomic E-state index is 5.69. The van der Waals surface area contributed by atoms with Gasteiger partial charge in [0.2, 0.25) is 0 Å². The Morgan fingerprint density at radius 2 is 2.31 bits per heavy atom. The first-order valence-corrected chi connectivity index (χ1v) is 5.16. The molecule has 0 unspecified atom stereocenters. The molecule has 0 atom stereocenters. The van der Waals surface area contributed by atoms with E-state index in [2.05, 4.69) is 21.9 Å². The van der Waals surface area contributed by atoms with Crippen molar-refractivity contribution in [3.05, 3.63) is 41.7 Å². The lowest BCUT2D eigenvalue weighted by Gasteiger charge is -2.04. The summed E-state index contributed by atoms with van der Waals surface area (Å²) in [6.07, 6.45) is 3.61. The minimum Gasteiger partial charge on any atom is -0.370 e. The number of rotatable bonds is 4. The number of guanidine groups is 1. The van der Waals surface area contributed by atoms with Gasteiger partial charge in [-0.3, -0.25) is 4.98 Å². The Hall–Kier alpha value is -1.84. The lowest BCUT2D eigenvalue weighted by Crippen LogP contribution is -2.32. The third-order valence-electron chi connectivity index (χ3n) is 1.93. The topological polar surface area (TPSA) is 63.3 Å². The van der Waals surface area contributed by atoms with E-state index in [0.717, 1.165) is 16.7 Å². The van der Waals surface area contributed by atoms with E-state index in [-0.39, 0.29) is 0 Å². The van der Waals surface area contributed by atoms with Gasteiger partial charge in [0.1, 0.15) is 0 Å². The summed E-state index contributed by atoms with van der Waals surface area (Å²) in [4.78, 5) is 8.30. The van der Waals surface area contributed by atoms with Crippen LogP contribution in [0.4, 0.5) is 0 Å². The highest BCUT2D eigenvalue weighted by Gasteiger charge is 1.94. The van der Waals surface area contributed by atoms with E-state index >= 15 is 0 Å². The Labute approximate surface area is 96.3 Å². The maximum atomic E-state index is 5.69. The molecule has 4 nitrogen and oxygen atoms in total. The van der Waals surface area contributed by atoms with Crippen LogP contribution in [0.5, 0.6) is 0 Å². The van der Waals surface area contributed by atoms with Crippen molar-refractivity contribution in [3.63, 3.8) is 0 Å². The van der Waals surface area contributed by atoms with E-state index in [1.807, 2.05) is 26.1 Å². The predicted octanol–water partition coefficient (Wildman–Crippen LogP) is 1.37. The average Bonchev–Trinajstić information content (AvgIpc) is 2.23. The van der Waals surface area contributed by atoms with Gasteiger partial charge in [0.05, 0.1) is 6.54 Å². The highest BCUT2D eigenvalue weighted by molar-refractivity contribution is 5.78. The Morgan fingerprint density at radius 1 is 1.56 bits per heavy atom. The number of aromatic nitrogens is 1. The number of hydrogen-bond donors (Lipinski definition) is 2. The van der Waals surface area contributed by atoms with E-state index in [9.17, 15) is 0 Å². The summed E-state index contributed by atoms with van der Waals surface area (Å²) < 4.78 is 0. The summed E-state index contributed by atoms with van der Waals surface area (Å²) >= 11 is 0. The van der Waals surface area contributed by atoms with Gasteiger partial charge in [-0.15, -0.1) is 0 Å². The molecule has 0 saturated heterocycles.